The van der Waals surface area contributed by atoms with Gasteiger partial charge in [-0.25, -0.2) is 4.98 Å². The third-order valence-corrected chi connectivity index (χ3v) is 3.97. The molecule has 0 saturated carbocycles. The van der Waals surface area contributed by atoms with Crippen LogP contribution in [0.25, 0.3) is 0 Å². The first kappa shape index (κ1) is 19.1. The summed E-state index contributed by atoms with van der Waals surface area (Å²) in [5, 5.41) is 0.972. The fourth-order valence-electron chi connectivity index (χ4n) is 1.77. The Kier molecular flexibility index (Phi) is 5.61. The molecule has 134 valence electrons. The van der Waals surface area contributed by atoms with Crippen molar-refractivity contribution in [3.05, 3.63) is 53.7 Å². The number of carbonyl (C=O) groups is 1. The molecule has 0 fully saturated rings. The number of pyridine rings is 1. The number of aromatic nitrogens is 1. The monoisotopic (exact) mass is 380 g/mol. The number of alkyl halides is 6. The second-order valence-corrected chi connectivity index (χ2v) is 5.76. The van der Waals surface area contributed by atoms with Gasteiger partial charge in [0, 0.05) is 5.75 Å². The van der Waals surface area contributed by atoms with E-state index in [4.69, 9.17) is 0 Å². The zero-order valence-corrected chi connectivity index (χ0v) is 13.1. The Balaban J connectivity index is 2.24. The smallest absolute Gasteiger partial charge is 0.317 e. The highest BCUT2D eigenvalue weighted by Gasteiger charge is 2.40. The van der Waals surface area contributed by atoms with E-state index >= 15 is 0 Å². The molecule has 1 aromatic carbocycles. The molecule has 0 aliphatic carbocycles. The van der Waals surface area contributed by atoms with Gasteiger partial charge >= 0.3 is 18.3 Å². The molecule has 0 unspecified atom stereocenters. The maximum atomic E-state index is 13.1. The van der Waals surface area contributed by atoms with Crippen LogP contribution in [0.15, 0.2) is 47.6 Å². The lowest BCUT2D eigenvalue weighted by Gasteiger charge is -2.14. The molecule has 0 radical (unpaired) electrons. The number of thioether (sulfide) groups is 1. The molecule has 1 amide bonds. The molecule has 0 spiro atoms. The Morgan fingerprint density at radius 2 is 1.72 bits per heavy atom. The standard InChI is InChI=1S/C15H10F6N2OS/c16-14(17,18)11-6-10(23-13(24)15(19,20)21)7-22-12(11)25-8-9-4-2-1-3-5-9/h1-7H,8H2,(H,23,24). The lowest BCUT2D eigenvalue weighted by Crippen LogP contribution is -2.30. The summed E-state index contributed by atoms with van der Waals surface area (Å²) in [5.41, 5.74) is -1.14. The minimum Gasteiger partial charge on any atom is -0.317 e. The fraction of sp³-hybridized carbons (Fsp3) is 0.200. The van der Waals surface area contributed by atoms with Crippen molar-refractivity contribution in [3.63, 3.8) is 0 Å². The lowest BCUT2D eigenvalue weighted by molar-refractivity contribution is -0.167. The van der Waals surface area contributed by atoms with E-state index in [9.17, 15) is 31.1 Å². The Morgan fingerprint density at radius 1 is 1.08 bits per heavy atom. The number of amides is 1. The maximum Gasteiger partial charge on any atom is 0.471 e. The minimum atomic E-state index is -5.21. The summed E-state index contributed by atoms with van der Waals surface area (Å²) in [6, 6.07) is 9.08. The van der Waals surface area contributed by atoms with Crippen molar-refractivity contribution in [3.8, 4) is 0 Å². The van der Waals surface area contributed by atoms with E-state index in [2.05, 4.69) is 4.98 Å². The first-order chi connectivity index (χ1) is 11.6. The maximum absolute atomic E-state index is 13.1. The van der Waals surface area contributed by atoms with Gasteiger partial charge in [-0.1, -0.05) is 30.3 Å². The molecule has 0 atom stereocenters. The predicted octanol–water partition coefficient (Wildman–Crippen LogP) is 4.89. The third-order valence-electron chi connectivity index (χ3n) is 2.89. The van der Waals surface area contributed by atoms with Crippen molar-refractivity contribution < 1.29 is 31.1 Å². The number of nitrogens with one attached hydrogen (secondary N) is 1. The van der Waals surface area contributed by atoms with Crippen LogP contribution in [0.3, 0.4) is 0 Å². The van der Waals surface area contributed by atoms with Crippen LogP contribution in [0.2, 0.25) is 0 Å². The number of hydrogen-bond acceptors (Lipinski definition) is 3. The van der Waals surface area contributed by atoms with Crippen LogP contribution in [0.1, 0.15) is 11.1 Å². The van der Waals surface area contributed by atoms with E-state index in [0.29, 0.717) is 6.07 Å². The number of benzene rings is 1. The summed E-state index contributed by atoms with van der Waals surface area (Å²) >= 11 is 0.794. The highest BCUT2D eigenvalue weighted by molar-refractivity contribution is 7.98. The molecule has 0 aliphatic rings. The zero-order chi connectivity index (χ0) is 18.7. The summed E-state index contributed by atoms with van der Waals surface area (Å²) in [7, 11) is 0. The highest BCUT2D eigenvalue weighted by Crippen LogP contribution is 2.38. The molecule has 0 bridgehead atoms. The summed E-state index contributed by atoms with van der Waals surface area (Å²) in [6.45, 7) is 0. The van der Waals surface area contributed by atoms with Gasteiger partial charge in [0.25, 0.3) is 0 Å². The van der Waals surface area contributed by atoms with E-state index in [1.165, 1.54) is 5.32 Å². The Hall–Kier alpha value is -2.23. The topological polar surface area (TPSA) is 42.0 Å². The second kappa shape index (κ2) is 7.34. The van der Waals surface area contributed by atoms with Gasteiger partial charge in [0.1, 0.15) is 5.03 Å². The molecule has 1 N–H and O–H groups in total. The van der Waals surface area contributed by atoms with Gasteiger partial charge in [-0.15, -0.1) is 11.8 Å². The first-order valence-electron chi connectivity index (χ1n) is 6.69. The van der Waals surface area contributed by atoms with Crippen LogP contribution in [0.4, 0.5) is 32.0 Å². The van der Waals surface area contributed by atoms with Gasteiger partial charge in [0.05, 0.1) is 17.4 Å². The highest BCUT2D eigenvalue weighted by atomic mass is 32.2. The molecule has 10 heteroatoms. The van der Waals surface area contributed by atoms with Crippen molar-refractivity contribution in [2.45, 2.75) is 23.1 Å². The van der Waals surface area contributed by atoms with Crippen LogP contribution in [-0.4, -0.2) is 17.1 Å². The van der Waals surface area contributed by atoms with Crippen molar-refractivity contribution in [2.24, 2.45) is 0 Å². The van der Waals surface area contributed by atoms with Gasteiger partial charge in [-0.3, -0.25) is 4.79 Å². The molecule has 25 heavy (non-hydrogen) atoms. The summed E-state index contributed by atoms with van der Waals surface area (Å²) in [6.07, 6.45) is -9.28. The largest absolute Gasteiger partial charge is 0.471 e. The van der Waals surface area contributed by atoms with E-state index in [1.807, 2.05) is 0 Å². The molecule has 1 heterocycles. The number of hydrogen-bond donors (Lipinski definition) is 1. The van der Waals surface area contributed by atoms with Crippen LogP contribution < -0.4 is 5.32 Å². The second-order valence-electron chi connectivity index (χ2n) is 4.80. The molecule has 0 saturated heterocycles. The van der Waals surface area contributed by atoms with Gasteiger partial charge in [0.2, 0.25) is 0 Å². The SMILES string of the molecule is O=C(Nc1cnc(SCc2ccccc2)c(C(F)(F)F)c1)C(F)(F)F. The Bertz CT molecular complexity index is 746. The fourth-order valence-corrected chi connectivity index (χ4v) is 2.72. The molecule has 2 aromatic rings. The van der Waals surface area contributed by atoms with Crippen molar-refractivity contribution in [2.75, 3.05) is 5.32 Å². The number of anilines is 1. The van der Waals surface area contributed by atoms with Gasteiger partial charge in [-0.2, -0.15) is 26.3 Å². The van der Waals surface area contributed by atoms with Gasteiger partial charge in [-0.05, 0) is 11.6 Å². The normalized spacial score (nSPS) is 12.1. The zero-order valence-electron chi connectivity index (χ0n) is 12.3. The van der Waals surface area contributed by atoms with Crippen LogP contribution in [0, 0.1) is 0 Å². The van der Waals surface area contributed by atoms with Gasteiger partial charge in [0.15, 0.2) is 0 Å². The molecular formula is C15H10F6N2OS. The average Bonchev–Trinajstić information content (AvgIpc) is 2.52. The molecule has 2 rings (SSSR count). The van der Waals surface area contributed by atoms with Crippen molar-refractivity contribution in [1.29, 1.82) is 0 Å². The van der Waals surface area contributed by atoms with E-state index in [1.54, 1.807) is 30.3 Å². The molecular weight excluding hydrogens is 370 g/mol. The summed E-state index contributed by atoms with van der Waals surface area (Å²) in [4.78, 5) is 14.4. The quantitative estimate of drug-likeness (QED) is 0.606. The summed E-state index contributed by atoms with van der Waals surface area (Å²) < 4.78 is 76.0. The summed E-state index contributed by atoms with van der Waals surface area (Å²) in [5.74, 6) is -2.17. The minimum absolute atomic E-state index is 0.200. The molecule has 3 nitrogen and oxygen atoms in total. The van der Waals surface area contributed by atoms with Crippen LogP contribution >= 0.6 is 11.8 Å². The number of rotatable bonds is 4. The van der Waals surface area contributed by atoms with E-state index < -0.39 is 29.5 Å². The first-order valence-corrected chi connectivity index (χ1v) is 7.68. The number of halogens is 6. The van der Waals surface area contributed by atoms with E-state index in [-0.39, 0.29) is 10.8 Å². The van der Waals surface area contributed by atoms with Crippen LogP contribution in [0.5, 0.6) is 0 Å². The van der Waals surface area contributed by atoms with Crippen molar-refractivity contribution >= 4 is 23.4 Å². The molecule has 1 aromatic heterocycles. The average molecular weight is 380 g/mol. The van der Waals surface area contributed by atoms with E-state index in [0.717, 1.165) is 23.5 Å². The Morgan fingerprint density at radius 3 is 2.28 bits per heavy atom. The lowest BCUT2D eigenvalue weighted by atomic mass is 10.2. The number of nitrogens with zero attached hydrogens (tertiary/aromatic N) is 1. The van der Waals surface area contributed by atoms with Crippen LogP contribution in [-0.2, 0) is 16.7 Å². The Labute approximate surface area is 142 Å². The third kappa shape index (κ3) is 5.38. The molecule has 0 aliphatic heterocycles. The van der Waals surface area contributed by atoms with Crippen molar-refractivity contribution in [1.82, 2.24) is 4.98 Å². The predicted molar refractivity (Wildman–Crippen MR) is 79.9 cm³/mol. The number of carbonyl (C=O) groups excluding carboxylic acids is 1. The van der Waals surface area contributed by atoms with Gasteiger partial charge < -0.3 is 5.32 Å².